The van der Waals surface area contributed by atoms with Gasteiger partial charge in [0.1, 0.15) is 5.75 Å². The van der Waals surface area contributed by atoms with E-state index in [4.69, 9.17) is 21.4 Å². The third-order valence-electron chi connectivity index (χ3n) is 2.56. The molecule has 0 aliphatic carbocycles. The summed E-state index contributed by atoms with van der Waals surface area (Å²) in [6.07, 6.45) is 1.80. The average Bonchev–Trinajstić information content (AvgIpc) is 2.32. The molecule has 1 rings (SSSR count). The maximum Gasteiger partial charge on any atom is 0.138 e. The van der Waals surface area contributed by atoms with Gasteiger partial charge in [-0.2, -0.15) is 0 Å². The van der Waals surface area contributed by atoms with Crippen LogP contribution < -0.4 is 9.64 Å². The van der Waals surface area contributed by atoms with Gasteiger partial charge in [-0.25, -0.2) is 0 Å². The van der Waals surface area contributed by atoms with E-state index in [0.29, 0.717) is 11.6 Å². The van der Waals surface area contributed by atoms with Gasteiger partial charge < -0.3 is 14.7 Å². The Labute approximate surface area is 108 Å². The zero-order chi connectivity index (χ0) is 12.7. The fourth-order valence-electron chi connectivity index (χ4n) is 1.59. The van der Waals surface area contributed by atoms with Crippen LogP contribution in [0.2, 0.25) is 5.02 Å². The van der Waals surface area contributed by atoms with Crippen molar-refractivity contribution in [1.29, 1.82) is 0 Å². The Morgan fingerprint density at radius 2 is 2.12 bits per heavy atom. The van der Waals surface area contributed by atoms with Crippen molar-refractivity contribution in [1.82, 2.24) is 0 Å². The Bertz CT molecular complexity index is 344. The number of benzene rings is 1. The summed E-state index contributed by atoms with van der Waals surface area (Å²) in [5.41, 5.74) is 1.07. The van der Waals surface area contributed by atoms with Gasteiger partial charge in [0, 0.05) is 25.9 Å². The van der Waals surface area contributed by atoms with Crippen molar-refractivity contribution < 1.29 is 9.84 Å². The lowest BCUT2D eigenvalue weighted by atomic mass is 10.2. The minimum absolute atomic E-state index is 0.248. The Morgan fingerprint density at radius 3 is 2.71 bits per heavy atom. The second-order valence-corrected chi connectivity index (χ2v) is 4.31. The molecule has 0 saturated carbocycles. The Kier molecular flexibility index (Phi) is 6.16. The lowest BCUT2D eigenvalue weighted by molar-refractivity contribution is 0.285. The number of anilines is 1. The lowest BCUT2D eigenvalue weighted by Gasteiger charge is -2.20. The monoisotopic (exact) mass is 257 g/mol. The highest BCUT2D eigenvalue weighted by Crippen LogP contribution is 2.29. The first kappa shape index (κ1) is 14.1. The minimum Gasteiger partial charge on any atom is -0.492 e. The van der Waals surface area contributed by atoms with E-state index in [0.717, 1.165) is 30.8 Å². The number of nitrogens with zero attached hydrogens (tertiary/aromatic N) is 1. The van der Waals surface area contributed by atoms with Gasteiger partial charge in [0.2, 0.25) is 0 Å². The van der Waals surface area contributed by atoms with E-state index in [-0.39, 0.29) is 6.61 Å². The lowest BCUT2D eigenvalue weighted by Crippen LogP contribution is -2.18. The molecule has 0 radical (unpaired) electrons. The van der Waals surface area contributed by atoms with E-state index < -0.39 is 0 Å². The fourth-order valence-corrected chi connectivity index (χ4v) is 1.82. The van der Waals surface area contributed by atoms with Crippen molar-refractivity contribution >= 4 is 17.3 Å². The highest BCUT2D eigenvalue weighted by atomic mass is 35.5. The van der Waals surface area contributed by atoms with Crippen LogP contribution >= 0.6 is 11.6 Å². The number of unbranched alkanes of at least 4 members (excludes halogenated alkanes) is 1. The normalized spacial score (nSPS) is 10.4. The molecule has 0 fully saturated rings. The van der Waals surface area contributed by atoms with Crippen LogP contribution in [0, 0.1) is 0 Å². The van der Waals surface area contributed by atoms with Crippen LogP contribution in [0.15, 0.2) is 18.2 Å². The number of hydrogen-bond acceptors (Lipinski definition) is 3. The molecule has 0 bridgehead atoms. The molecule has 1 aromatic rings. The molecule has 96 valence electrons. The fraction of sp³-hybridized carbons (Fsp3) is 0.538. The SMILES string of the molecule is CCOc1ccc(N(C)CCCCO)cc1Cl. The third kappa shape index (κ3) is 4.44. The van der Waals surface area contributed by atoms with Crippen LogP contribution in [0.4, 0.5) is 5.69 Å². The van der Waals surface area contributed by atoms with Gasteiger partial charge in [0.25, 0.3) is 0 Å². The average molecular weight is 258 g/mol. The highest BCUT2D eigenvalue weighted by Gasteiger charge is 2.05. The molecule has 1 aromatic carbocycles. The first-order valence-corrected chi connectivity index (χ1v) is 6.31. The Balaban J connectivity index is 2.62. The number of hydrogen-bond donors (Lipinski definition) is 1. The van der Waals surface area contributed by atoms with Crippen molar-refractivity contribution in [3.8, 4) is 5.75 Å². The maximum atomic E-state index is 8.73. The summed E-state index contributed by atoms with van der Waals surface area (Å²) in [5, 5.41) is 9.37. The van der Waals surface area contributed by atoms with E-state index in [1.54, 1.807) is 0 Å². The second-order valence-electron chi connectivity index (χ2n) is 3.90. The summed E-state index contributed by atoms with van der Waals surface area (Å²) < 4.78 is 5.39. The van der Waals surface area contributed by atoms with Crippen LogP contribution in [0.1, 0.15) is 19.8 Å². The molecular formula is C13H20ClNO2. The molecule has 1 N–H and O–H groups in total. The number of aliphatic hydroxyl groups excluding tert-OH is 1. The predicted octanol–water partition coefficient (Wildman–Crippen LogP) is 2.95. The Hall–Kier alpha value is -0.930. The first-order chi connectivity index (χ1) is 8.19. The molecule has 0 atom stereocenters. The molecule has 0 unspecified atom stereocenters. The van der Waals surface area contributed by atoms with Crippen LogP contribution in [0.25, 0.3) is 0 Å². The van der Waals surface area contributed by atoms with E-state index in [1.165, 1.54) is 0 Å². The van der Waals surface area contributed by atoms with E-state index in [9.17, 15) is 0 Å². The largest absolute Gasteiger partial charge is 0.492 e. The van der Waals surface area contributed by atoms with Crippen molar-refractivity contribution in [3.63, 3.8) is 0 Å². The maximum absolute atomic E-state index is 8.73. The van der Waals surface area contributed by atoms with Crippen LogP contribution in [0.3, 0.4) is 0 Å². The number of ether oxygens (including phenoxy) is 1. The molecule has 3 nitrogen and oxygen atoms in total. The molecule has 0 amide bonds. The minimum atomic E-state index is 0.248. The third-order valence-corrected chi connectivity index (χ3v) is 2.85. The molecule has 0 aliphatic rings. The predicted molar refractivity (Wildman–Crippen MR) is 72.2 cm³/mol. The smallest absolute Gasteiger partial charge is 0.138 e. The Morgan fingerprint density at radius 1 is 1.35 bits per heavy atom. The summed E-state index contributed by atoms with van der Waals surface area (Å²) in [5.74, 6) is 0.724. The van der Waals surface area contributed by atoms with Gasteiger partial charge in [-0.3, -0.25) is 0 Å². The van der Waals surface area contributed by atoms with Crippen molar-refractivity contribution in [2.75, 3.05) is 31.7 Å². The zero-order valence-electron chi connectivity index (χ0n) is 10.4. The van der Waals surface area contributed by atoms with Gasteiger partial charge in [0.05, 0.1) is 11.6 Å². The number of aliphatic hydroxyl groups is 1. The summed E-state index contributed by atoms with van der Waals surface area (Å²) in [6, 6.07) is 5.80. The molecule has 0 saturated heterocycles. The second kappa shape index (κ2) is 7.41. The standard InChI is InChI=1S/C13H20ClNO2/c1-3-17-13-7-6-11(10-12(13)14)15(2)8-4-5-9-16/h6-7,10,16H,3-5,8-9H2,1-2H3. The molecule has 17 heavy (non-hydrogen) atoms. The first-order valence-electron chi connectivity index (χ1n) is 5.93. The highest BCUT2D eigenvalue weighted by molar-refractivity contribution is 6.32. The van der Waals surface area contributed by atoms with Crippen molar-refractivity contribution in [2.45, 2.75) is 19.8 Å². The van der Waals surface area contributed by atoms with E-state index >= 15 is 0 Å². The molecule has 4 heteroatoms. The van der Waals surface area contributed by atoms with Gasteiger partial charge in [0.15, 0.2) is 0 Å². The van der Waals surface area contributed by atoms with E-state index in [1.807, 2.05) is 32.2 Å². The summed E-state index contributed by atoms with van der Waals surface area (Å²) in [6.45, 7) is 3.71. The van der Waals surface area contributed by atoms with Crippen LogP contribution in [-0.4, -0.2) is 31.9 Å². The number of rotatable bonds is 7. The molecule has 0 heterocycles. The number of halogens is 1. The molecule has 0 aromatic heterocycles. The van der Waals surface area contributed by atoms with Crippen LogP contribution in [-0.2, 0) is 0 Å². The van der Waals surface area contributed by atoms with Crippen molar-refractivity contribution in [2.24, 2.45) is 0 Å². The quantitative estimate of drug-likeness (QED) is 0.763. The molecule has 0 spiro atoms. The van der Waals surface area contributed by atoms with Gasteiger partial charge in [-0.15, -0.1) is 0 Å². The van der Waals surface area contributed by atoms with Gasteiger partial charge in [-0.05, 0) is 38.0 Å². The van der Waals surface area contributed by atoms with Gasteiger partial charge in [-0.1, -0.05) is 11.6 Å². The zero-order valence-corrected chi connectivity index (χ0v) is 11.2. The molecular weight excluding hydrogens is 238 g/mol. The van der Waals surface area contributed by atoms with Crippen molar-refractivity contribution in [3.05, 3.63) is 23.2 Å². The van der Waals surface area contributed by atoms with Crippen LogP contribution in [0.5, 0.6) is 5.75 Å². The summed E-state index contributed by atoms with van der Waals surface area (Å²) >= 11 is 6.12. The summed E-state index contributed by atoms with van der Waals surface area (Å²) in [4.78, 5) is 2.12. The summed E-state index contributed by atoms with van der Waals surface area (Å²) in [7, 11) is 2.02. The topological polar surface area (TPSA) is 32.7 Å². The van der Waals surface area contributed by atoms with Gasteiger partial charge >= 0.3 is 0 Å². The molecule has 0 aliphatic heterocycles. The van der Waals surface area contributed by atoms with E-state index in [2.05, 4.69) is 4.90 Å².